The molecule has 31 heavy (non-hydrogen) atoms. The zero-order valence-electron chi connectivity index (χ0n) is 17.3. The highest BCUT2D eigenvalue weighted by atomic mass is 19.1. The van der Waals surface area contributed by atoms with Crippen molar-refractivity contribution in [1.29, 1.82) is 0 Å². The molecule has 0 atom stereocenters. The van der Waals surface area contributed by atoms with E-state index in [0.717, 1.165) is 38.3 Å². The second kappa shape index (κ2) is 7.96. The van der Waals surface area contributed by atoms with Gasteiger partial charge in [-0.05, 0) is 30.8 Å². The summed E-state index contributed by atoms with van der Waals surface area (Å²) in [7, 11) is 0. The number of rotatable bonds is 4. The Morgan fingerprint density at radius 3 is 2.55 bits per heavy atom. The lowest BCUT2D eigenvalue weighted by atomic mass is 10.1. The first kappa shape index (κ1) is 19.4. The summed E-state index contributed by atoms with van der Waals surface area (Å²) in [6, 6.07) is 12.9. The van der Waals surface area contributed by atoms with Gasteiger partial charge in [-0.1, -0.05) is 25.1 Å². The zero-order chi connectivity index (χ0) is 21.4. The molecule has 4 aromatic rings. The number of anilines is 2. The number of hydrogen-bond donors (Lipinski definition) is 2. The van der Waals surface area contributed by atoms with Gasteiger partial charge in [0.2, 0.25) is 0 Å². The molecule has 2 aromatic carbocycles. The fraction of sp³-hybridized carbons (Fsp3) is 0.261. The summed E-state index contributed by atoms with van der Waals surface area (Å²) in [5.74, 6) is -0.201. The Labute approximate surface area is 179 Å². The number of fused-ring (bicyclic) bond motifs is 1. The number of piperazine rings is 1. The molecule has 0 radical (unpaired) electrons. The van der Waals surface area contributed by atoms with Gasteiger partial charge in [0.15, 0.2) is 5.82 Å². The topological polar surface area (TPSA) is 87.0 Å². The van der Waals surface area contributed by atoms with Gasteiger partial charge in [0, 0.05) is 43.1 Å². The van der Waals surface area contributed by atoms with Gasteiger partial charge in [0.25, 0.3) is 0 Å². The molecule has 1 saturated heterocycles. The van der Waals surface area contributed by atoms with Crippen molar-refractivity contribution < 1.29 is 4.39 Å². The van der Waals surface area contributed by atoms with Crippen LogP contribution in [0.3, 0.4) is 0 Å². The van der Waals surface area contributed by atoms with E-state index in [2.05, 4.69) is 61.2 Å². The van der Waals surface area contributed by atoms with E-state index in [1.165, 1.54) is 11.8 Å². The fourth-order valence-corrected chi connectivity index (χ4v) is 4.06. The molecule has 2 aromatic heterocycles. The number of aromatic nitrogens is 4. The van der Waals surface area contributed by atoms with Crippen LogP contribution in [0.15, 0.2) is 48.7 Å². The molecule has 3 heterocycles. The first-order valence-corrected chi connectivity index (χ1v) is 10.5. The van der Waals surface area contributed by atoms with Gasteiger partial charge in [-0.2, -0.15) is 5.10 Å². The van der Waals surface area contributed by atoms with Crippen LogP contribution in [-0.4, -0.2) is 57.8 Å². The number of halogens is 1. The van der Waals surface area contributed by atoms with Gasteiger partial charge < -0.3 is 15.5 Å². The maximum Gasteiger partial charge on any atom is 0.165 e. The molecule has 0 spiro atoms. The molecule has 1 fully saturated rings. The van der Waals surface area contributed by atoms with Crippen LogP contribution >= 0.6 is 0 Å². The van der Waals surface area contributed by atoms with E-state index in [9.17, 15) is 4.39 Å². The van der Waals surface area contributed by atoms with E-state index >= 15 is 0 Å². The van der Waals surface area contributed by atoms with Gasteiger partial charge in [-0.3, -0.25) is 5.10 Å². The number of nitrogen functional groups attached to an aromatic ring is 1. The minimum absolute atomic E-state index is 0.207. The average molecular weight is 417 g/mol. The second-order valence-electron chi connectivity index (χ2n) is 7.70. The van der Waals surface area contributed by atoms with E-state index < -0.39 is 5.82 Å². The lowest BCUT2D eigenvalue weighted by Gasteiger charge is -2.35. The number of H-pyrrole nitrogens is 1. The molecule has 0 amide bonds. The maximum absolute atomic E-state index is 14.4. The Morgan fingerprint density at radius 2 is 1.84 bits per heavy atom. The van der Waals surface area contributed by atoms with Crippen molar-refractivity contribution in [3.63, 3.8) is 0 Å². The number of nitrogens with two attached hydrogens (primary N) is 1. The van der Waals surface area contributed by atoms with Crippen LogP contribution in [0.25, 0.3) is 33.7 Å². The van der Waals surface area contributed by atoms with Crippen LogP contribution in [0.1, 0.15) is 6.92 Å². The molecule has 1 aliphatic heterocycles. The molecule has 0 aliphatic carbocycles. The Bertz CT molecular complexity index is 1190. The summed E-state index contributed by atoms with van der Waals surface area (Å²) in [6.07, 6.45) is 1.61. The van der Waals surface area contributed by atoms with Crippen molar-refractivity contribution in [1.82, 2.24) is 25.1 Å². The summed E-state index contributed by atoms with van der Waals surface area (Å²) < 4.78 is 14.4. The van der Waals surface area contributed by atoms with Gasteiger partial charge in [-0.15, -0.1) is 0 Å². The Balaban J connectivity index is 1.47. The second-order valence-corrected chi connectivity index (χ2v) is 7.70. The van der Waals surface area contributed by atoms with Crippen molar-refractivity contribution in [2.75, 3.05) is 43.4 Å². The molecule has 7 nitrogen and oxygen atoms in total. The largest absolute Gasteiger partial charge is 0.398 e. The van der Waals surface area contributed by atoms with Crippen LogP contribution in [0, 0.1) is 5.82 Å². The molecular formula is C23H24FN7. The number of nitrogens with one attached hydrogen (secondary N) is 1. The van der Waals surface area contributed by atoms with Crippen LogP contribution in [-0.2, 0) is 0 Å². The van der Waals surface area contributed by atoms with E-state index in [1.54, 1.807) is 18.3 Å². The van der Waals surface area contributed by atoms with Crippen LogP contribution < -0.4 is 10.6 Å². The summed E-state index contributed by atoms with van der Waals surface area (Å²) in [5.41, 5.74) is 10.7. The number of hydrogen-bond acceptors (Lipinski definition) is 6. The molecule has 0 saturated carbocycles. The molecule has 8 heteroatoms. The third-order valence-electron chi connectivity index (χ3n) is 5.90. The van der Waals surface area contributed by atoms with Crippen LogP contribution in [0.4, 0.5) is 15.8 Å². The molecule has 1 aliphatic rings. The van der Waals surface area contributed by atoms with Crippen LogP contribution in [0.5, 0.6) is 0 Å². The third-order valence-corrected chi connectivity index (χ3v) is 5.90. The highest BCUT2D eigenvalue weighted by molar-refractivity contribution is 5.90. The quantitative estimate of drug-likeness (QED) is 0.494. The number of benzene rings is 2. The minimum Gasteiger partial charge on any atom is -0.398 e. The number of aromatic amines is 1. The Kier molecular flexibility index (Phi) is 4.99. The molecule has 3 N–H and O–H groups in total. The fourth-order valence-electron chi connectivity index (χ4n) is 4.06. The Morgan fingerprint density at radius 1 is 1.06 bits per heavy atom. The van der Waals surface area contributed by atoms with Gasteiger partial charge in [0.1, 0.15) is 22.5 Å². The predicted molar refractivity (Wildman–Crippen MR) is 121 cm³/mol. The van der Waals surface area contributed by atoms with Crippen LogP contribution in [0.2, 0.25) is 0 Å². The van der Waals surface area contributed by atoms with E-state index in [1.807, 2.05) is 0 Å². The number of nitrogens with zero attached hydrogens (tertiary/aromatic N) is 5. The van der Waals surface area contributed by atoms with Crippen molar-refractivity contribution in [3.8, 4) is 22.6 Å². The monoisotopic (exact) mass is 417 g/mol. The highest BCUT2D eigenvalue weighted by Crippen LogP contribution is 2.31. The van der Waals surface area contributed by atoms with Crippen molar-refractivity contribution in [3.05, 3.63) is 54.5 Å². The average Bonchev–Trinajstić information content (AvgIpc) is 3.23. The summed E-state index contributed by atoms with van der Waals surface area (Å²) in [4.78, 5) is 13.7. The lowest BCUT2D eigenvalue weighted by molar-refractivity contribution is 0.271. The summed E-state index contributed by atoms with van der Waals surface area (Å²) >= 11 is 0. The number of likely N-dealkylation sites (N-methyl/N-ethyl adjacent to an activating group) is 1. The third kappa shape index (κ3) is 3.59. The first-order chi connectivity index (χ1) is 15.1. The molecule has 0 bridgehead atoms. The minimum atomic E-state index is -0.447. The SMILES string of the molecule is CCN1CCN(c2ccc(-c3n[nH]c4cnc(-c5c(N)cccc5F)nc34)cc2)CC1. The van der Waals surface area contributed by atoms with Gasteiger partial charge in [-0.25, -0.2) is 14.4 Å². The van der Waals surface area contributed by atoms with E-state index in [4.69, 9.17) is 5.73 Å². The van der Waals surface area contributed by atoms with Gasteiger partial charge in [0.05, 0.1) is 11.8 Å². The predicted octanol–water partition coefficient (Wildman–Crippen LogP) is 3.55. The lowest BCUT2D eigenvalue weighted by Crippen LogP contribution is -2.46. The van der Waals surface area contributed by atoms with Crippen molar-refractivity contribution in [2.45, 2.75) is 6.92 Å². The molecule has 5 rings (SSSR count). The normalized spacial score (nSPS) is 15.0. The highest BCUT2D eigenvalue weighted by Gasteiger charge is 2.18. The summed E-state index contributed by atoms with van der Waals surface area (Å²) in [6.45, 7) is 7.52. The van der Waals surface area contributed by atoms with Crippen molar-refractivity contribution >= 4 is 22.4 Å². The Hall–Kier alpha value is -3.52. The zero-order valence-corrected chi connectivity index (χ0v) is 17.3. The molecule has 0 unspecified atom stereocenters. The van der Waals surface area contributed by atoms with Gasteiger partial charge >= 0.3 is 0 Å². The van der Waals surface area contributed by atoms with E-state index in [0.29, 0.717) is 22.4 Å². The molecular weight excluding hydrogens is 393 g/mol. The van der Waals surface area contributed by atoms with E-state index in [-0.39, 0.29) is 11.4 Å². The maximum atomic E-state index is 14.4. The first-order valence-electron chi connectivity index (χ1n) is 10.5. The standard InChI is InChI=1S/C23H24FN7/c1-2-30-10-12-31(13-11-30)16-8-6-15(7-9-16)21-22-19(28-29-21)14-26-23(27-22)20-17(24)4-3-5-18(20)25/h3-9,14H,2,10-13,25H2,1H3,(H,28,29). The van der Waals surface area contributed by atoms with Crippen molar-refractivity contribution in [2.24, 2.45) is 0 Å². The summed E-state index contributed by atoms with van der Waals surface area (Å²) in [5, 5.41) is 7.40. The smallest absolute Gasteiger partial charge is 0.165 e. The molecule has 158 valence electrons.